The summed E-state index contributed by atoms with van der Waals surface area (Å²) in [6.45, 7) is 1.96. The Bertz CT molecular complexity index is 615. The molecule has 0 amide bonds. The zero-order valence-electron chi connectivity index (χ0n) is 10.1. The number of methoxy groups -OCH3 is 1. The molecule has 1 aromatic carbocycles. The van der Waals surface area contributed by atoms with E-state index in [0.717, 1.165) is 21.0 Å². The summed E-state index contributed by atoms with van der Waals surface area (Å²) >= 11 is 14.6. The molecule has 0 aliphatic heterocycles. The van der Waals surface area contributed by atoms with Gasteiger partial charge in [0.2, 0.25) is 0 Å². The van der Waals surface area contributed by atoms with Gasteiger partial charge in [-0.15, -0.1) is 11.3 Å². The molecule has 2 rings (SSSR count). The average molecular weight is 429 g/mol. The van der Waals surface area contributed by atoms with Crippen LogP contribution in [-0.4, -0.2) is 7.11 Å². The Balaban J connectivity index is 2.52. The van der Waals surface area contributed by atoms with Gasteiger partial charge in [-0.05, 0) is 39.9 Å². The maximum Gasteiger partial charge on any atom is 0.141 e. The molecule has 19 heavy (non-hydrogen) atoms. The van der Waals surface area contributed by atoms with E-state index in [1.807, 2.05) is 12.3 Å². The summed E-state index contributed by atoms with van der Waals surface area (Å²) in [4.78, 5) is 0.849. The van der Waals surface area contributed by atoms with Crippen LogP contribution < -0.4 is 4.74 Å². The quantitative estimate of drug-likeness (QED) is 0.537. The highest BCUT2D eigenvalue weighted by molar-refractivity contribution is 9.10. The van der Waals surface area contributed by atoms with Crippen molar-refractivity contribution in [3.8, 4) is 5.75 Å². The molecule has 1 nitrogen and oxygen atoms in total. The zero-order valence-corrected chi connectivity index (χ0v) is 14.9. The Labute approximate surface area is 137 Å². The van der Waals surface area contributed by atoms with Crippen LogP contribution in [0.2, 0.25) is 5.02 Å². The van der Waals surface area contributed by atoms with Gasteiger partial charge in [-0.2, -0.15) is 0 Å². The third-order valence-electron chi connectivity index (χ3n) is 2.70. The first-order valence-corrected chi connectivity index (χ1v) is 8.32. The van der Waals surface area contributed by atoms with Crippen LogP contribution in [0.5, 0.6) is 5.75 Å². The molecule has 0 N–H and O–H groups in total. The van der Waals surface area contributed by atoms with Gasteiger partial charge in [-0.1, -0.05) is 27.5 Å². The minimum Gasteiger partial charge on any atom is -0.496 e. The van der Waals surface area contributed by atoms with Gasteiger partial charge < -0.3 is 4.74 Å². The first kappa shape index (κ1) is 15.3. The fourth-order valence-electron chi connectivity index (χ4n) is 1.68. The Morgan fingerprint density at radius 1 is 1.42 bits per heavy atom. The fourth-order valence-corrected chi connectivity index (χ4v) is 4.38. The molecule has 0 saturated heterocycles. The van der Waals surface area contributed by atoms with Crippen molar-refractivity contribution in [3.63, 3.8) is 0 Å². The van der Waals surface area contributed by atoms with Gasteiger partial charge in [0.05, 0.1) is 21.4 Å². The second-order valence-electron chi connectivity index (χ2n) is 3.97. The van der Waals surface area contributed by atoms with E-state index in [1.54, 1.807) is 17.4 Å². The van der Waals surface area contributed by atoms with Gasteiger partial charge in [0.25, 0.3) is 0 Å². The van der Waals surface area contributed by atoms with E-state index in [1.165, 1.54) is 13.2 Å². The number of aryl methyl sites for hydroxylation is 1. The molecule has 2 aromatic rings. The van der Waals surface area contributed by atoms with Gasteiger partial charge in [-0.3, -0.25) is 0 Å². The van der Waals surface area contributed by atoms with Gasteiger partial charge in [0, 0.05) is 16.5 Å². The molecular formula is C13H10Br2ClFOS. The molecule has 6 heteroatoms. The van der Waals surface area contributed by atoms with E-state index in [0.29, 0.717) is 10.2 Å². The molecule has 0 aliphatic rings. The summed E-state index contributed by atoms with van der Waals surface area (Å²) in [5, 5.41) is 2.73. The first-order valence-electron chi connectivity index (χ1n) is 5.36. The Morgan fingerprint density at radius 3 is 2.63 bits per heavy atom. The predicted molar refractivity (Wildman–Crippen MR) is 85.5 cm³/mol. The highest BCUT2D eigenvalue weighted by atomic mass is 79.9. The maximum absolute atomic E-state index is 13.5. The molecular weight excluding hydrogens is 418 g/mol. The van der Waals surface area contributed by atoms with Crippen LogP contribution >= 0.6 is 54.8 Å². The van der Waals surface area contributed by atoms with E-state index in [9.17, 15) is 4.39 Å². The average Bonchev–Trinajstić information content (AvgIpc) is 2.72. The van der Waals surface area contributed by atoms with Crippen LogP contribution in [0.25, 0.3) is 0 Å². The lowest BCUT2D eigenvalue weighted by molar-refractivity contribution is 0.406. The van der Waals surface area contributed by atoms with Crippen LogP contribution in [0.15, 0.2) is 22.0 Å². The second kappa shape index (κ2) is 6.12. The SMILES string of the molecule is COc1cc(F)c(Br)cc1C(Br)c1scc(C)c1Cl. The molecule has 102 valence electrons. The second-order valence-corrected chi connectivity index (χ2v) is 7.03. The Kier molecular flexibility index (Phi) is 4.93. The van der Waals surface area contributed by atoms with Gasteiger partial charge >= 0.3 is 0 Å². The summed E-state index contributed by atoms with van der Waals surface area (Å²) in [6.07, 6.45) is 0. The van der Waals surface area contributed by atoms with Gasteiger partial charge in [0.15, 0.2) is 0 Å². The van der Waals surface area contributed by atoms with Crippen LogP contribution in [0.1, 0.15) is 20.8 Å². The van der Waals surface area contributed by atoms with Crippen LogP contribution in [-0.2, 0) is 0 Å². The smallest absolute Gasteiger partial charge is 0.141 e. The third kappa shape index (κ3) is 2.99. The van der Waals surface area contributed by atoms with Crippen LogP contribution in [0.3, 0.4) is 0 Å². The largest absolute Gasteiger partial charge is 0.496 e. The third-order valence-corrected chi connectivity index (χ3v) is 6.34. The molecule has 0 fully saturated rings. The predicted octanol–water partition coefficient (Wildman–Crippen LogP) is 6.10. The lowest BCUT2D eigenvalue weighted by atomic mass is 10.1. The number of hydrogen-bond acceptors (Lipinski definition) is 2. The van der Waals surface area contributed by atoms with Crippen molar-refractivity contribution in [3.05, 3.63) is 48.8 Å². The number of thiophene rings is 1. The lowest BCUT2D eigenvalue weighted by Crippen LogP contribution is -1.97. The van der Waals surface area contributed by atoms with Crippen molar-refractivity contribution >= 4 is 54.8 Å². The number of halogens is 4. The highest BCUT2D eigenvalue weighted by Crippen LogP contribution is 2.44. The van der Waals surface area contributed by atoms with Crippen molar-refractivity contribution < 1.29 is 9.13 Å². The molecule has 1 atom stereocenters. The van der Waals surface area contributed by atoms with E-state index in [2.05, 4.69) is 31.9 Å². The standard InChI is InChI=1S/C13H10Br2ClFOS/c1-6-5-19-13(12(6)16)11(15)7-3-8(14)9(17)4-10(7)18-2/h3-5,11H,1-2H3. The molecule has 0 spiro atoms. The molecule has 0 saturated carbocycles. The summed E-state index contributed by atoms with van der Waals surface area (Å²) in [5.41, 5.74) is 1.87. The summed E-state index contributed by atoms with van der Waals surface area (Å²) in [5.74, 6) is 0.137. The van der Waals surface area contributed by atoms with Crippen molar-refractivity contribution in [2.75, 3.05) is 7.11 Å². The Morgan fingerprint density at radius 2 is 2.11 bits per heavy atom. The number of hydrogen-bond donors (Lipinski definition) is 0. The molecule has 0 aliphatic carbocycles. The Hall–Kier alpha value is -0.100. The van der Waals surface area contributed by atoms with E-state index in [4.69, 9.17) is 16.3 Å². The van der Waals surface area contributed by atoms with Crippen molar-refractivity contribution in [1.82, 2.24) is 0 Å². The monoisotopic (exact) mass is 426 g/mol. The first-order chi connectivity index (χ1) is 8.95. The minimum absolute atomic E-state index is 0.134. The van der Waals surface area contributed by atoms with E-state index >= 15 is 0 Å². The van der Waals surface area contributed by atoms with Crippen LogP contribution in [0, 0.1) is 12.7 Å². The zero-order chi connectivity index (χ0) is 14.2. The highest BCUT2D eigenvalue weighted by Gasteiger charge is 2.22. The van der Waals surface area contributed by atoms with Gasteiger partial charge in [-0.25, -0.2) is 4.39 Å². The lowest BCUT2D eigenvalue weighted by Gasteiger charge is -2.14. The number of benzene rings is 1. The normalized spacial score (nSPS) is 12.5. The molecule has 1 aromatic heterocycles. The van der Waals surface area contributed by atoms with E-state index < -0.39 is 0 Å². The van der Waals surface area contributed by atoms with Crippen molar-refractivity contribution in [2.24, 2.45) is 0 Å². The minimum atomic E-state index is -0.353. The summed E-state index contributed by atoms with van der Waals surface area (Å²) < 4.78 is 19.2. The van der Waals surface area contributed by atoms with Gasteiger partial charge in [0.1, 0.15) is 11.6 Å². The summed E-state index contributed by atoms with van der Waals surface area (Å²) in [6, 6.07) is 3.07. The molecule has 1 heterocycles. The van der Waals surface area contributed by atoms with E-state index in [-0.39, 0.29) is 10.6 Å². The molecule has 0 radical (unpaired) electrons. The maximum atomic E-state index is 13.5. The number of rotatable bonds is 3. The molecule has 0 bridgehead atoms. The number of alkyl halides is 1. The fraction of sp³-hybridized carbons (Fsp3) is 0.231. The topological polar surface area (TPSA) is 9.23 Å². The molecule has 1 unspecified atom stereocenters. The van der Waals surface area contributed by atoms with Crippen molar-refractivity contribution in [2.45, 2.75) is 11.8 Å². The van der Waals surface area contributed by atoms with Crippen LogP contribution in [0.4, 0.5) is 4.39 Å². The number of ether oxygens (including phenoxy) is 1. The van der Waals surface area contributed by atoms with Crippen molar-refractivity contribution in [1.29, 1.82) is 0 Å². The summed E-state index contributed by atoms with van der Waals surface area (Å²) in [7, 11) is 1.52.